The van der Waals surface area contributed by atoms with Crippen LogP contribution in [0.15, 0.2) is 17.9 Å². The van der Waals surface area contributed by atoms with Crippen LogP contribution in [0.5, 0.6) is 0 Å². The summed E-state index contributed by atoms with van der Waals surface area (Å²) >= 11 is 1.15. The van der Waals surface area contributed by atoms with Crippen molar-refractivity contribution in [2.75, 3.05) is 25.4 Å². The molecule has 1 unspecified atom stereocenters. The van der Waals surface area contributed by atoms with Crippen LogP contribution in [-0.2, 0) is 14.4 Å². The van der Waals surface area contributed by atoms with Gasteiger partial charge in [0.05, 0.1) is 6.61 Å². The minimum absolute atomic E-state index is 0.0176. The van der Waals surface area contributed by atoms with Crippen LogP contribution in [-0.4, -0.2) is 58.7 Å². The first-order valence-electron chi connectivity index (χ1n) is 8.63. The second kappa shape index (κ2) is 13.6. The molecule has 8 heteroatoms. The van der Waals surface area contributed by atoms with Crippen LogP contribution >= 0.6 is 11.8 Å². The predicted molar refractivity (Wildman–Crippen MR) is 103 cm³/mol. The van der Waals surface area contributed by atoms with E-state index in [1.807, 2.05) is 13.0 Å². The minimum atomic E-state index is -1.35. The maximum Gasteiger partial charge on any atom is 0.249 e. The quantitative estimate of drug-likeness (QED) is 0.291. The lowest BCUT2D eigenvalue weighted by Gasteiger charge is -2.27. The van der Waals surface area contributed by atoms with Gasteiger partial charge in [-0.1, -0.05) is 32.5 Å². The zero-order chi connectivity index (χ0) is 20.0. The Labute approximate surface area is 159 Å². The fourth-order valence-corrected chi connectivity index (χ4v) is 2.32. The average Bonchev–Trinajstić information content (AvgIpc) is 2.61. The van der Waals surface area contributed by atoms with Crippen LogP contribution in [0, 0.1) is 5.41 Å². The van der Waals surface area contributed by atoms with Crippen molar-refractivity contribution in [1.29, 1.82) is 0 Å². The van der Waals surface area contributed by atoms with Gasteiger partial charge in [-0.2, -0.15) is 0 Å². The Hall–Kier alpha value is -1.60. The smallest absolute Gasteiger partial charge is 0.249 e. The van der Waals surface area contributed by atoms with Gasteiger partial charge in [0.15, 0.2) is 5.12 Å². The van der Waals surface area contributed by atoms with E-state index in [0.717, 1.165) is 18.2 Å². The number of thioether (sulfide) groups is 1. The Morgan fingerprint density at radius 1 is 1.19 bits per heavy atom. The molecule has 0 aromatic rings. The van der Waals surface area contributed by atoms with E-state index >= 15 is 0 Å². The molecule has 148 valence electrons. The lowest BCUT2D eigenvalue weighted by atomic mass is 9.87. The molecule has 0 fully saturated rings. The first kappa shape index (κ1) is 24.4. The van der Waals surface area contributed by atoms with Gasteiger partial charge < -0.3 is 20.8 Å². The first-order chi connectivity index (χ1) is 12.2. The molecule has 0 saturated carbocycles. The summed E-state index contributed by atoms with van der Waals surface area (Å²) in [7, 11) is 0. The number of nitrogens with one attached hydrogen (secondary N) is 2. The van der Waals surface area contributed by atoms with E-state index in [0.29, 0.717) is 18.7 Å². The van der Waals surface area contributed by atoms with E-state index in [9.17, 15) is 19.5 Å². The molecule has 4 N–H and O–H groups in total. The molecule has 0 saturated heterocycles. The summed E-state index contributed by atoms with van der Waals surface area (Å²) in [4.78, 5) is 34.9. The second-order valence-corrected chi connectivity index (χ2v) is 7.50. The highest BCUT2D eigenvalue weighted by Gasteiger charge is 2.32. The molecule has 0 spiro atoms. The van der Waals surface area contributed by atoms with Crippen LogP contribution < -0.4 is 10.6 Å². The van der Waals surface area contributed by atoms with E-state index in [-0.39, 0.29) is 30.6 Å². The van der Waals surface area contributed by atoms with Crippen LogP contribution in [0.4, 0.5) is 0 Å². The van der Waals surface area contributed by atoms with E-state index in [1.165, 1.54) is 0 Å². The van der Waals surface area contributed by atoms with E-state index in [2.05, 4.69) is 16.4 Å². The maximum absolute atomic E-state index is 11.7. The summed E-state index contributed by atoms with van der Waals surface area (Å²) in [5, 5.41) is 24.1. The first-order valence-corrected chi connectivity index (χ1v) is 9.61. The Morgan fingerprint density at radius 2 is 1.88 bits per heavy atom. The van der Waals surface area contributed by atoms with Crippen LogP contribution in [0.25, 0.3) is 0 Å². The summed E-state index contributed by atoms with van der Waals surface area (Å²) in [6.45, 7) is 5.24. The Morgan fingerprint density at radius 3 is 2.50 bits per heavy atom. The Bertz CT molecular complexity index is 528. The molecular weight excluding hydrogens is 356 g/mol. The molecule has 0 aliphatic carbocycles. The van der Waals surface area contributed by atoms with Gasteiger partial charge in [0.25, 0.3) is 0 Å². The van der Waals surface area contributed by atoms with Crippen LogP contribution in [0.2, 0.25) is 0 Å². The van der Waals surface area contributed by atoms with Crippen molar-refractivity contribution < 1.29 is 24.6 Å². The number of hydrogen-bond acceptors (Lipinski definition) is 6. The Balaban J connectivity index is 3.86. The number of aliphatic hydroxyl groups is 2. The monoisotopic (exact) mass is 386 g/mol. The fraction of sp³-hybridized carbons (Fsp3) is 0.667. The fourth-order valence-electron chi connectivity index (χ4n) is 1.68. The van der Waals surface area contributed by atoms with Crippen molar-refractivity contribution >= 4 is 28.7 Å². The normalized spacial score (nSPS) is 11.9. The number of aliphatic hydroxyl groups excluding tert-OH is 2. The Kier molecular flexibility index (Phi) is 12.7. The summed E-state index contributed by atoms with van der Waals surface area (Å²) in [6.07, 6.45) is 3.45. The van der Waals surface area contributed by atoms with Crippen molar-refractivity contribution in [2.24, 2.45) is 5.41 Å². The molecule has 0 aromatic carbocycles. The molecule has 0 aliphatic rings. The highest BCUT2D eigenvalue weighted by atomic mass is 32.2. The maximum atomic E-state index is 11.7. The molecule has 7 nitrogen and oxygen atoms in total. The largest absolute Gasteiger partial charge is 0.396 e. The standard InChI is InChI=1S/C18H30N2O5S/c1-4-5-6-7-8-15(23)26-12-11-19-14(22)9-10-20-17(25)16(24)18(2,3)13-21/h5,7,16,21,24H,4,8-13H2,1-3H3,(H,19,22)(H,20,25). The molecule has 0 rings (SSSR count). The zero-order valence-corrected chi connectivity index (χ0v) is 16.5. The predicted octanol–water partition coefficient (Wildman–Crippen LogP) is 0.760. The number of amides is 2. The number of carbonyl (C=O) groups excluding carboxylic acids is 3. The summed E-state index contributed by atoms with van der Waals surface area (Å²) in [5.41, 5.74) is 1.96. The molecule has 26 heavy (non-hydrogen) atoms. The lowest BCUT2D eigenvalue weighted by Crippen LogP contribution is -2.46. The van der Waals surface area contributed by atoms with Gasteiger partial charge in [-0.25, -0.2) is 0 Å². The SMILES string of the molecule is CCC=C=CCC(=O)SCCNC(=O)CCNC(=O)C(O)C(C)(C)CO. The average molecular weight is 387 g/mol. The van der Waals surface area contributed by atoms with E-state index in [4.69, 9.17) is 5.11 Å². The second-order valence-electron chi connectivity index (χ2n) is 6.35. The van der Waals surface area contributed by atoms with Crippen molar-refractivity contribution in [3.05, 3.63) is 17.9 Å². The van der Waals surface area contributed by atoms with Gasteiger partial charge >= 0.3 is 0 Å². The molecule has 0 radical (unpaired) electrons. The van der Waals surface area contributed by atoms with Crippen molar-refractivity contribution in [1.82, 2.24) is 10.6 Å². The number of hydrogen-bond donors (Lipinski definition) is 4. The summed E-state index contributed by atoms with van der Waals surface area (Å²) in [5.74, 6) is -0.394. The van der Waals surface area contributed by atoms with Gasteiger partial charge in [0.2, 0.25) is 11.8 Å². The van der Waals surface area contributed by atoms with E-state index in [1.54, 1.807) is 19.9 Å². The molecule has 0 aliphatic heterocycles. The highest BCUT2D eigenvalue weighted by Crippen LogP contribution is 2.19. The molecule has 0 bridgehead atoms. The third-order valence-electron chi connectivity index (χ3n) is 3.44. The van der Waals surface area contributed by atoms with Gasteiger partial charge in [-0.15, -0.1) is 5.73 Å². The molecule has 2 amide bonds. The van der Waals surface area contributed by atoms with Gasteiger partial charge in [0.1, 0.15) is 6.10 Å². The minimum Gasteiger partial charge on any atom is -0.396 e. The molecule has 0 heterocycles. The summed E-state index contributed by atoms with van der Waals surface area (Å²) in [6, 6.07) is 0. The molecule has 1 atom stereocenters. The third kappa shape index (κ3) is 11.1. The number of allylic oxidation sites excluding steroid dienone is 1. The van der Waals surface area contributed by atoms with Crippen molar-refractivity contribution in [3.63, 3.8) is 0 Å². The zero-order valence-electron chi connectivity index (χ0n) is 15.7. The van der Waals surface area contributed by atoms with Crippen LogP contribution in [0.3, 0.4) is 0 Å². The van der Waals surface area contributed by atoms with Crippen molar-refractivity contribution in [2.45, 2.75) is 46.1 Å². The highest BCUT2D eigenvalue weighted by molar-refractivity contribution is 8.13. The third-order valence-corrected chi connectivity index (χ3v) is 4.34. The summed E-state index contributed by atoms with van der Waals surface area (Å²) < 4.78 is 0. The van der Waals surface area contributed by atoms with Gasteiger partial charge in [-0.3, -0.25) is 14.4 Å². The lowest BCUT2D eigenvalue weighted by molar-refractivity contribution is -0.137. The molecule has 0 aromatic heterocycles. The molecular formula is C18H30N2O5S. The van der Waals surface area contributed by atoms with E-state index < -0.39 is 17.4 Å². The number of rotatable bonds is 12. The number of carbonyl (C=O) groups is 3. The van der Waals surface area contributed by atoms with Crippen molar-refractivity contribution in [3.8, 4) is 0 Å². The van der Waals surface area contributed by atoms with Gasteiger partial charge in [0, 0.05) is 37.1 Å². The topological polar surface area (TPSA) is 116 Å². The van der Waals surface area contributed by atoms with Crippen LogP contribution in [0.1, 0.15) is 40.0 Å². The van der Waals surface area contributed by atoms with Gasteiger partial charge in [-0.05, 0) is 18.6 Å².